The highest BCUT2D eigenvalue weighted by Gasteiger charge is 2.45. The smallest absolute Gasteiger partial charge is 0.310 e. The highest BCUT2D eigenvalue weighted by Crippen LogP contribution is 2.44. The molecule has 2 rings (SSSR count). The first-order valence-corrected chi connectivity index (χ1v) is 8.77. The summed E-state index contributed by atoms with van der Waals surface area (Å²) in [7, 11) is 4.78. The number of amides is 2. The predicted octanol–water partition coefficient (Wildman–Crippen LogP) is 1.42. The summed E-state index contributed by atoms with van der Waals surface area (Å²) in [6.45, 7) is 0.151. The summed E-state index contributed by atoms with van der Waals surface area (Å²) < 4.78 is 10.8. The molecule has 0 spiro atoms. The van der Waals surface area contributed by atoms with E-state index in [0.717, 1.165) is 12.0 Å². The molecular weight excluding hydrogens is 352 g/mol. The number of carboxylic acid groups (broad SMARTS) is 1. The van der Waals surface area contributed by atoms with Gasteiger partial charge in [0.15, 0.2) is 18.1 Å². The highest BCUT2D eigenvalue weighted by atomic mass is 16.5. The zero-order valence-corrected chi connectivity index (χ0v) is 15.9. The molecule has 1 aromatic carbocycles. The van der Waals surface area contributed by atoms with Crippen molar-refractivity contribution in [1.82, 2.24) is 10.2 Å². The second-order valence-corrected chi connectivity index (χ2v) is 6.95. The third-order valence-electron chi connectivity index (χ3n) is 4.83. The minimum absolute atomic E-state index is 0.00664. The van der Waals surface area contributed by atoms with Gasteiger partial charge in [0.25, 0.3) is 5.91 Å². The molecule has 148 valence electrons. The summed E-state index contributed by atoms with van der Waals surface area (Å²) in [5.41, 5.74) is -0.122. The molecule has 0 aliphatic heterocycles. The largest absolute Gasteiger partial charge is 0.493 e. The molecule has 0 bridgehead atoms. The molecule has 1 aliphatic rings. The van der Waals surface area contributed by atoms with Crippen molar-refractivity contribution in [2.45, 2.75) is 32.2 Å². The second-order valence-electron chi connectivity index (χ2n) is 6.95. The van der Waals surface area contributed by atoms with E-state index in [1.165, 1.54) is 12.0 Å². The van der Waals surface area contributed by atoms with Crippen LogP contribution in [0, 0.1) is 5.41 Å². The van der Waals surface area contributed by atoms with Gasteiger partial charge >= 0.3 is 5.97 Å². The predicted molar refractivity (Wildman–Crippen MR) is 97.6 cm³/mol. The van der Waals surface area contributed by atoms with Gasteiger partial charge in [-0.1, -0.05) is 12.5 Å². The Morgan fingerprint density at radius 3 is 2.44 bits per heavy atom. The van der Waals surface area contributed by atoms with Crippen LogP contribution in [0.2, 0.25) is 0 Å². The number of carboxylic acids is 1. The molecular formula is C19H26N2O6. The zero-order chi connectivity index (χ0) is 20.0. The Kier molecular flexibility index (Phi) is 6.65. The average Bonchev–Trinajstić information content (AvgIpc) is 2.60. The summed E-state index contributed by atoms with van der Waals surface area (Å²) in [4.78, 5) is 36.5. The monoisotopic (exact) mass is 378 g/mol. The summed E-state index contributed by atoms with van der Waals surface area (Å²) in [6.07, 6.45) is 1.92. The van der Waals surface area contributed by atoms with Crippen molar-refractivity contribution in [2.75, 3.05) is 27.8 Å². The lowest BCUT2D eigenvalue weighted by Gasteiger charge is -2.36. The van der Waals surface area contributed by atoms with Crippen molar-refractivity contribution in [3.8, 4) is 11.5 Å². The van der Waals surface area contributed by atoms with Gasteiger partial charge < -0.3 is 24.8 Å². The van der Waals surface area contributed by atoms with Gasteiger partial charge in [-0.25, -0.2) is 0 Å². The first-order chi connectivity index (χ1) is 12.8. The number of methoxy groups -OCH3 is 1. The van der Waals surface area contributed by atoms with Crippen molar-refractivity contribution in [3.05, 3.63) is 23.8 Å². The van der Waals surface area contributed by atoms with Crippen LogP contribution < -0.4 is 14.8 Å². The van der Waals surface area contributed by atoms with Crippen molar-refractivity contribution in [1.29, 1.82) is 0 Å². The summed E-state index contributed by atoms with van der Waals surface area (Å²) >= 11 is 0. The molecule has 0 unspecified atom stereocenters. The van der Waals surface area contributed by atoms with E-state index >= 15 is 0 Å². The quantitative estimate of drug-likeness (QED) is 0.673. The molecule has 1 fully saturated rings. The third kappa shape index (κ3) is 5.12. The molecule has 8 nitrogen and oxygen atoms in total. The molecule has 1 aliphatic carbocycles. The minimum atomic E-state index is -0.904. The van der Waals surface area contributed by atoms with E-state index in [-0.39, 0.29) is 31.4 Å². The number of carbonyl (C=O) groups excluding carboxylic acids is 2. The number of carbonyl (C=O) groups is 3. The average molecular weight is 378 g/mol. The van der Waals surface area contributed by atoms with E-state index in [0.29, 0.717) is 24.3 Å². The Bertz CT molecular complexity index is 712. The first kappa shape index (κ1) is 20.5. The maximum Gasteiger partial charge on any atom is 0.310 e. The fourth-order valence-electron chi connectivity index (χ4n) is 2.85. The van der Waals surface area contributed by atoms with Crippen molar-refractivity contribution in [2.24, 2.45) is 5.41 Å². The van der Waals surface area contributed by atoms with Crippen LogP contribution in [-0.2, 0) is 20.9 Å². The van der Waals surface area contributed by atoms with Gasteiger partial charge in [0, 0.05) is 27.1 Å². The van der Waals surface area contributed by atoms with Crippen molar-refractivity contribution < 1.29 is 29.0 Å². The number of likely N-dealkylation sites (N-methyl/N-ethyl adjacent to an activating group) is 1. The van der Waals surface area contributed by atoms with Crippen LogP contribution in [0.25, 0.3) is 0 Å². The van der Waals surface area contributed by atoms with Gasteiger partial charge in [-0.2, -0.15) is 0 Å². The van der Waals surface area contributed by atoms with Gasteiger partial charge in [-0.05, 0) is 30.5 Å². The van der Waals surface area contributed by atoms with E-state index in [1.807, 2.05) is 0 Å². The third-order valence-corrected chi connectivity index (χ3v) is 4.83. The van der Waals surface area contributed by atoms with Crippen LogP contribution in [0.1, 0.15) is 31.2 Å². The van der Waals surface area contributed by atoms with E-state index in [1.54, 1.807) is 32.3 Å². The number of aliphatic carboxylic acids is 1. The SMILES string of the molecule is COc1cc(CNC(=O)CC2(C(=O)O)CCC2)ccc1OCC(=O)N(C)C. The molecule has 2 amide bonds. The summed E-state index contributed by atoms with van der Waals surface area (Å²) in [5.74, 6) is -0.472. The number of benzene rings is 1. The second kappa shape index (κ2) is 8.75. The fourth-order valence-corrected chi connectivity index (χ4v) is 2.85. The number of rotatable bonds is 9. The maximum atomic E-state index is 12.1. The van der Waals surface area contributed by atoms with Crippen molar-refractivity contribution in [3.63, 3.8) is 0 Å². The number of nitrogens with one attached hydrogen (secondary N) is 1. The van der Waals surface area contributed by atoms with Crippen LogP contribution in [0.3, 0.4) is 0 Å². The molecule has 0 atom stereocenters. The zero-order valence-electron chi connectivity index (χ0n) is 15.9. The lowest BCUT2D eigenvalue weighted by molar-refractivity contribution is -0.157. The molecule has 8 heteroatoms. The van der Waals surface area contributed by atoms with Gasteiger partial charge in [0.05, 0.1) is 12.5 Å². The maximum absolute atomic E-state index is 12.1. The molecule has 0 heterocycles. The van der Waals surface area contributed by atoms with Crippen LogP contribution in [-0.4, -0.2) is 55.6 Å². The topological polar surface area (TPSA) is 105 Å². The van der Waals surface area contributed by atoms with E-state index in [2.05, 4.69) is 5.32 Å². The molecule has 0 radical (unpaired) electrons. The summed E-state index contributed by atoms with van der Waals surface area (Å²) in [6, 6.07) is 5.15. The van der Waals surface area contributed by atoms with Crippen LogP contribution in [0.5, 0.6) is 11.5 Å². The van der Waals surface area contributed by atoms with Crippen LogP contribution >= 0.6 is 0 Å². The van der Waals surface area contributed by atoms with Crippen LogP contribution in [0.15, 0.2) is 18.2 Å². The normalized spacial score (nSPS) is 14.6. The Balaban J connectivity index is 1.92. The lowest BCUT2D eigenvalue weighted by Crippen LogP contribution is -2.42. The Morgan fingerprint density at radius 1 is 1.22 bits per heavy atom. The van der Waals surface area contributed by atoms with E-state index in [4.69, 9.17) is 9.47 Å². The standard InChI is InChI=1S/C19H26N2O6/c1-21(2)17(23)12-27-14-6-5-13(9-15(14)26-3)11-20-16(22)10-19(18(24)25)7-4-8-19/h5-6,9H,4,7-8,10-12H2,1-3H3,(H,20,22)(H,24,25). The first-order valence-electron chi connectivity index (χ1n) is 8.77. The molecule has 1 saturated carbocycles. The number of hydrogen-bond acceptors (Lipinski definition) is 5. The number of hydrogen-bond donors (Lipinski definition) is 2. The van der Waals surface area contributed by atoms with E-state index in [9.17, 15) is 19.5 Å². The van der Waals surface area contributed by atoms with Gasteiger partial charge in [-0.15, -0.1) is 0 Å². The van der Waals surface area contributed by atoms with Crippen LogP contribution in [0.4, 0.5) is 0 Å². The molecule has 0 aromatic heterocycles. The number of nitrogens with zero attached hydrogens (tertiary/aromatic N) is 1. The highest BCUT2D eigenvalue weighted by molar-refractivity contribution is 5.85. The lowest BCUT2D eigenvalue weighted by atomic mass is 9.66. The van der Waals surface area contributed by atoms with Crippen molar-refractivity contribution >= 4 is 17.8 Å². The molecule has 27 heavy (non-hydrogen) atoms. The minimum Gasteiger partial charge on any atom is -0.493 e. The fraction of sp³-hybridized carbons (Fsp3) is 0.526. The Labute approximate surface area is 158 Å². The molecule has 0 saturated heterocycles. The Morgan fingerprint density at radius 2 is 1.93 bits per heavy atom. The van der Waals surface area contributed by atoms with Gasteiger partial charge in [-0.3, -0.25) is 14.4 Å². The number of ether oxygens (including phenoxy) is 2. The summed E-state index contributed by atoms with van der Waals surface area (Å²) in [5, 5.41) is 12.1. The van der Waals surface area contributed by atoms with Gasteiger partial charge in [0.2, 0.25) is 5.91 Å². The van der Waals surface area contributed by atoms with E-state index < -0.39 is 11.4 Å². The molecule has 1 aromatic rings. The Hall–Kier alpha value is -2.77. The molecule has 2 N–H and O–H groups in total. The van der Waals surface area contributed by atoms with Gasteiger partial charge in [0.1, 0.15) is 0 Å².